The van der Waals surface area contributed by atoms with Gasteiger partial charge in [-0.15, -0.1) is 11.3 Å². The number of rotatable bonds is 4. The van der Waals surface area contributed by atoms with Crippen molar-refractivity contribution in [3.05, 3.63) is 40.3 Å². The van der Waals surface area contributed by atoms with E-state index in [0.717, 1.165) is 16.0 Å². The van der Waals surface area contributed by atoms with E-state index in [4.69, 9.17) is 10.5 Å². The molecule has 0 radical (unpaired) electrons. The van der Waals surface area contributed by atoms with Crippen LogP contribution in [0.25, 0.3) is 11.1 Å². The number of nitrogens with zero attached hydrogens (tertiary/aromatic N) is 2. The summed E-state index contributed by atoms with van der Waals surface area (Å²) in [7, 11) is 1.61. The van der Waals surface area contributed by atoms with Gasteiger partial charge in [-0.2, -0.15) is 0 Å². The van der Waals surface area contributed by atoms with Gasteiger partial charge in [-0.1, -0.05) is 0 Å². The molecule has 1 atom stereocenters. The van der Waals surface area contributed by atoms with E-state index >= 15 is 0 Å². The second-order valence-electron chi connectivity index (χ2n) is 6.18. The summed E-state index contributed by atoms with van der Waals surface area (Å²) in [5.41, 5.74) is 6.75. The summed E-state index contributed by atoms with van der Waals surface area (Å²) in [6.45, 7) is 4.21. The Morgan fingerprint density at radius 3 is 2.80 bits per heavy atom. The Morgan fingerprint density at radius 1 is 1.36 bits per heavy atom. The first-order valence-corrected chi connectivity index (χ1v) is 8.85. The van der Waals surface area contributed by atoms with Crippen molar-refractivity contribution < 1.29 is 13.9 Å². The predicted octanol–water partition coefficient (Wildman–Crippen LogP) is 3.34. The lowest BCUT2D eigenvalue weighted by Crippen LogP contribution is -2.47. The fourth-order valence-corrected chi connectivity index (χ4v) is 3.82. The molecule has 132 valence electrons. The van der Waals surface area contributed by atoms with Crippen molar-refractivity contribution in [1.82, 2.24) is 4.90 Å². The van der Waals surface area contributed by atoms with Crippen LogP contribution in [0.3, 0.4) is 0 Å². The average molecular weight is 361 g/mol. The molecule has 0 saturated carbocycles. The Bertz CT molecular complexity index is 849. The molecule has 25 heavy (non-hydrogen) atoms. The highest BCUT2D eigenvalue weighted by Gasteiger charge is 2.37. The monoisotopic (exact) mass is 361 g/mol. The Morgan fingerprint density at radius 2 is 2.12 bits per heavy atom. The molecule has 2 aromatic rings. The van der Waals surface area contributed by atoms with Crippen LogP contribution in [0.15, 0.2) is 34.6 Å². The van der Waals surface area contributed by atoms with Crippen LogP contribution in [0.4, 0.5) is 4.39 Å². The van der Waals surface area contributed by atoms with Gasteiger partial charge in [-0.3, -0.25) is 9.69 Å². The highest BCUT2D eigenvalue weighted by Crippen LogP contribution is 2.39. The van der Waals surface area contributed by atoms with Crippen LogP contribution in [0.5, 0.6) is 5.75 Å². The minimum atomic E-state index is -0.702. The zero-order valence-corrected chi connectivity index (χ0v) is 15.2. The molecule has 5 nitrogen and oxygen atoms in total. The molecule has 1 amide bonds. The van der Waals surface area contributed by atoms with Gasteiger partial charge in [0.25, 0.3) is 0 Å². The molecule has 0 saturated heterocycles. The number of ether oxygens (including phenoxy) is 1. The van der Waals surface area contributed by atoms with E-state index in [9.17, 15) is 9.18 Å². The van der Waals surface area contributed by atoms with Gasteiger partial charge in [0.2, 0.25) is 5.91 Å². The number of halogens is 1. The molecule has 1 aliphatic rings. The normalized spacial score (nSPS) is 20.6. The summed E-state index contributed by atoms with van der Waals surface area (Å²) in [6.07, 6.45) is 0.248. The first-order chi connectivity index (χ1) is 11.8. The average Bonchev–Trinajstić information content (AvgIpc) is 3.03. The van der Waals surface area contributed by atoms with Crippen molar-refractivity contribution >= 4 is 23.2 Å². The third kappa shape index (κ3) is 3.37. The number of aliphatic imine (C=N–C) groups is 1. The quantitative estimate of drug-likeness (QED) is 0.908. The van der Waals surface area contributed by atoms with E-state index < -0.39 is 5.54 Å². The maximum Gasteiger partial charge on any atom is 0.231 e. The number of carbonyl (C=O) groups excluding carboxylic acids is 1. The van der Waals surface area contributed by atoms with Gasteiger partial charge in [-0.25, -0.2) is 9.38 Å². The lowest BCUT2D eigenvalue weighted by atomic mass is 9.93. The molecule has 1 unspecified atom stereocenters. The van der Waals surface area contributed by atoms with Crippen molar-refractivity contribution in [1.29, 1.82) is 0 Å². The minimum Gasteiger partial charge on any atom is -0.494 e. The third-order valence-electron chi connectivity index (χ3n) is 4.22. The lowest BCUT2D eigenvalue weighted by molar-refractivity contribution is -0.128. The molecule has 3 rings (SSSR count). The van der Waals surface area contributed by atoms with E-state index in [0.29, 0.717) is 12.4 Å². The summed E-state index contributed by atoms with van der Waals surface area (Å²) < 4.78 is 19.3. The first-order valence-electron chi connectivity index (χ1n) is 7.97. The summed E-state index contributed by atoms with van der Waals surface area (Å²) in [4.78, 5) is 18.9. The topological polar surface area (TPSA) is 67.9 Å². The van der Waals surface area contributed by atoms with Crippen molar-refractivity contribution in [2.45, 2.75) is 25.8 Å². The van der Waals surface area contributed by atoms with Crippen LogP contribution < -0.4 is 10.5 Å². The highest BCUT2D eigenvalue weighted by atomic mass is 32.1. The number of hydrogen-bond acceptors (Lipinski definition) is 5. The number of nitrogens with two attached hydrogens (primary N) is 1. The molecule has 1 aliphatic heterocycles. The molecule has 1 aromatic carbocycles. The maximum atomic E-state index is 13.9. The largest absolute Gasteiger partial charge is 0.494 e. The molecule has 0 aliphatic carbocycles. The smallest absolute Gasteiger partial charge is 0.231 e. The van der Waals surface area contributed by atoms with Crippen molar-refractivity contribution in [2.75, 3.05) is 13.7 Å². The van der Waals surface area contributed by atoms with Crippen molar-refractivity contribution in [3.63, 3.8) is 0 Å². The molecule has 2 N–H and O–H groups in total. The summed E-state index contributed by atoms with van der Waals surface area (Å²) in [5, 5.41) is 1.93. The Balaban J connectivity index is 1.97. The number of carbonyl (C=O) groups is 1. The van der Waals surface area contributed by atoms with Gasteiger partial charge in [-0.05, 0) is 48.6 Å². The van der Waals surface area contributed by atoms with Gasteiger partial charge >= 0.3 is 0 Å². The van der Waals surface area contributed by atoms with Gasteiger partial charge in [0.05, 0.1) is 13.0 Å². The SMILES string of the molecule is CCOc1cc(F)cc(-c2csc(C3(C)CC(=O)N(C)C(N)=N3)c2)c1. The number of hydrogen-bond donors (Lipinski definition) is 1. The second kappa shape index (κ2) is 6.48. The molecule has 7 heteroatoms. The number of amides is 1. The fourth-order valence-electron chi connectivity index (χ4n) is 2.80. The van der Waals surface area contributed by atoms with Crippen LogP contribution in [-0.4, -0.2) is 30.4 Å². The Labute approximate surface area is 149 Å². The standard InChI is InChI=1S/C18H20FN3O2S/c1-4-24-14-6-11(5-13(19)8-14)12-7-15(25-10-12)18(2)9-16(23)22(3)17(20)21-18/h5-8,10H,4,9H2,1-3H3,(H2,20,21). The maximum absolute atomic E-state index is 13.9. The van der Waals surface area contributed by atoms with E-state index in [2.05, 4.69) is 4.99 Å². The van der Waals surface area contributed by atoms with Crippen LogP contribution in [-0.2, 0) is 10.3 Å². The van der Waals surface area contributed by atoms with Crippen molar-refractivity contribution in [3.8, 4) is 16.9 Å². The van der Waals surface area contributed by atoms with E-state index in [-0.39, 0.29) is 24.1 Å². The molecular weight excluding hydrogens is 341 g/mol. The van der Waals surface area contributed by atoms with Gasteiger partial charge in [0, 0.05) is 18.0 Å². The lowest BCUT2D eigenvalue weighted by Gasteiger charge is -2.32. The number of guanidine groups is 1. The molecule has 2 heterocycles. The number of benzene rings is 1. The zero-order chi connectivity index (χ0) is 18.2. The second-order valence-corrected chi connectivity index (χ2v) is 7.09. The molecular formula is C18H20FN3O2S. The summed E-state index contributed by atoms with van der Waals surface area (Å²) >= 11 is 1.48. The van der Waals surface area contributed by atoms with E-state index in [1.807, 2.05) is 25.3 Å². The number of thiophene rings is 1. The van der Waals surface area contributed by atoms with Crippen LogP contribution in [0.2, 0.25) is 0 Å². The zero-order valence-electron chi connectivity index (χ0n) is 14.4. The highest BCUT2D eigenvalue weighted by molar-refractivity contribution is 7.10. The van der Waals surface area contributed by atoms with Crippen molar-refractivity contribution in [2.24, 2.45) is 10.7 Å². The van der Waals surface area contributed by atoms with Gasteiger partial charge < -0.3 is 10.5 Å². The van der Waals surface area contributed by atoms with Crippen LogP contribution in [0, 0.1) is 5.82 Å². The predicted molar refractivity (Wildman–Crippen MR) is 97.2 cm³/mol. The molecule has 0 spiro atoms. The molecule has 0 bridgehead atoms. The minimum absolute atomic E-state index is 0.0747. The van der Waals surface area contributed by atoms with Gasteiger partial charge in [0.1, 0.15) is 17.1 Å². The first kappa shape index (κ1) is 17.4. The third-order valence-corrected chi connectivity index (χ3v) is 5.40. The van der Waals surface area contributed by atoms with E-state index in [1.54, 1.807) is 13.1 Å². The Kier molecular flexibility index (Phi) is 4.51. The van der Waals surface area contributed by atoms with Gasteiger partial charge in [0.15, 0.2) is 5.96 Å². The molecule has 0 fully saturated rings. The molecule has 1 aromatic heterocycles. The Hall–Kier alpha value is -2.41. The van der Waals surface area contributed by atoms with E-state index in [1.165, 1.54) is 28.4 Å². The fraction of sp³-hybridized carbons (Fsp3) is 0.333. The summed E-state index contributed by atoms with van der Waals surface area (Å²) in [5.74, 6) is 0.275. The van der Waals surface area contributed by atoms with Crippen LogP contribution in [0.1, 0.15) is 25.1 Å². The van der Waals surface area contributed by atoms with Crippen LogP contribution >= 0.6 is 11.3 Å². The summed E-state index contributed by atoms with van der Waals surface area (Å²) in [6, 6.07) is 6.57.